The van der Waals surface area contributed by atoms with E-state index < -0.39 is 24.1 Å². The Morgan fingerprint density at radius 2 is 1.94 bits per heavy atom. The first kappa shape index (κ1) is 24.2. The topological polar surface area (TPSA) is 90.2 Å². The molecule has 0 aromatic heterocycles. The highest BCUT2D eigenvalue weighted by Crippen LogP contribution is 2.60. The van der Waals surface area contributed by atoms with Crippen molar-refractivity contribution >= 4 is 0 Å². The summed E-state index contributed by atoms with van der Waals surface area (Å²) >= 11 is 0. The zero-order valence-corrected chi connectivity index (χ0v) is 20.0. The predicted molar refractivity (Wildman–Crippen MR) is 125 cm³/mol. The van der Waals surface area contributed by atoms with E-state index >= 15 is 0 Å². The summed E-state index contributed by atoms with van der Waals surface area (Å²) in [5.41, 5.74) is 2.33. The largest absolute Gasteiger partial charge is 0.393 e. The van der Waals surface area contributed by atoms with Crippen molar-refractivity contribution in [2.75, 3.05) is 0 Å². The molecule has 1 aliphatic heterocycles. The van der Waals surface area contributed by atoms with Crippen molar-refractivity contribution in [1.82, 2.24) is 0 Å². The molecule has 0 bridgehead atoms. The van der Waals surface area contributed by atoms with Gasteiger partial charge in [0.25, 0.3) is 0 Å². The molecule has 1 saturated heterocycles. The Labute approximate surface area is 192 Å². The van der Waals surface area contributed by atoms with Crippen LogP contribution in [-0.4, -0.2) is 50.6 Å². The van der Waals surface area contributed by atoms with E-state index in [-0.39, 0.29) is 11.5 Å². The molecule has 5 nitrogen and oxygen atoms in total. The summed E-state index contributed by atoms with van der Waals surface area (Å²) in [6.45, 7) is 10.5. The van der Waals surface area contributed by atoms with Crippen molar-refractivity contribution in [2.45, 2.75) is 109 Å². The summed E-state index contributed by atoms with van der Waals surface area (Å²) in [6.07, 6.45) is 10.3. The molecule has 0 radical (unpaired) electrons. The van der Waals surface area contributed by atoms with Gasteiger partial charge in [0.1, 0.15) is 5.60 Å². The monoisotopic (exact) mass is 446 g/mol. The molecule has 1 heterocycles. The second kappa shape index (κ2) is 8.99. The highest BCUT2D eigenvalue weighted by molar-refractivity contribution is 5.38. The lowest BCUT2D eigenvalue weighted by molar-refractivity contribution is -0.163. The van der Waals surface area contributed by atoms with Crippen LogP contribution in [0.4, 0.5) is 0 Å². The van der Waals surface area contributed by atoms with E-state index in [0.29, 0.717) is 37.0 Å². The standard InChI is InChI=1S/C27H42O5/c1-16(12-21-15-27(4,31)25(30)32-21)22-9-10-23-18(6-5-11-26(22,23)3)7-8-19-13-20(28)14-24(29)17(19)2/h7-8,16,20-25,28-31H,2,5-6,9-15H2,1,3-4H3/b18-7+,19-8+/t16-,20-,21+,22-,23+,24+,25?,26-,27-/m1/s1. The number of hydrogen-bond donors (Lipinski definition) is 4. The van der Waals surface area contributed by atoms with Gasteiger partial charge in [0.2, 0.25) is 0 Å². The number of hydrogen-bond acceptors (Lipinski definition) is 5. The Morgan fingerprint density at radius 1 is 1.19 bits per heavy atom. The number of ether oxygens (including phenoxy) is 1. The molecular formula is C27H42O5. The molecule has 0 spiro atoms. The third-order valence-corrected chi connectivity index (χ3v) is 9.12. The van der Waals surface area contributed by atoms with Crippen LogP contribution >= 0.6 is 0 Å². The number of fused-ring (bicyclic) bond motifs is 1. The normalized spacial score (nSPS) is 48.4. The zero-order valence-electron chi connectivity index (χ0n) is 20.0. The first-order valence-corrected chi connectivity index (χ1v) is 12.5. The third-order valence-electron chi connectivity index (χ3n) is 9.12. The first-order chi connectivity index (χ1) is 15.0. The summed E-state index contributed by atoms with van der Waals surface area (Å²) in [6, 6.07) is 0. The van der Waals surface area contributed by atoms with Crippen molar-refractivity contribution in [3.63, 3.8) is 0 Å². The molecule has 3 saturated carbocycles. The van der Waals surface area contributed by atoms with Gasteiger partial charge in [-0.2, -0.15) is 0 Å². The SMILES string of the molecule is C=C1/C(=C/C=C2\CCC[C@]3(C)[C@@H]([C@H](C)C[C@H]4C[C@@](C)(O)C(O)O4)CC[C@@H]23)C[C@@H](O)C[C@@H]1O. The van der Waals surface area contributed by atoms with E-state index in [4.69, 9.17) is 4.74 Å². The van der Waals surface area contributed by atoms with E-state index in [1.807, 2.05) is 0 Å². The lowest BCUT2D eigenvalue weighted by Gasteiger charge is -2.44. The molecule has 180 valence electrons. The fourth-order valence-electron chi connectivity index (χ4n) is 7.34. The van der Waals surface area contributed by atoms with E-state index in [1.54, 1.807) is 6.92 Å². The van der Waals surface area contributed by atoms with Gasteiger partial charge < -0.3 is 25.2 Å². The summed E-state index contributed by atoms with van der Waals surface area (Å²) in [7, 11) is 0. The minimum absolute atomic E-state index is 0.0869. The summed E-state index contributed by atoms with van der Waals surface area (Å²) in [4.78, 5) is 0. The van der Waals surface area contributed by atoms with Gasteiger partial charge in [0, 0.05) is 12.8 Å². The molecule has 5 heteroatoms. The maximum absolute atomic E-state index is 10.3. The van der Waals surface area contributed by atoms with Crippen LogP contribution in [0.15, 0.2) is 35.5 Å². The summed E-state index contributed by atoms with van der Waals surface area (Å²) < 4.78 is 5.67. The second-order valence-electron chi connectivity index (χ2n) is 11.5. The molecule has 4 rings (SSSR count). The summed E-state index contributed by atoms with van der Waals surface area (Å²) in [5, 5.41) is 40.4. The van der Waals surface area contributed by atoms with Crippen LogP contribution in [0.2, 0.25) is 0 Å². The van der Waals surface area contributed by atoms with Gasteiger partial charge in [-0.15, -0.1) is 0 Å². The van der Waals surface area contributed by atoms with Gasteiger partial charge >= 0.3 is 0 Å². The van der Waals surface area contributed by atoms with Crippen LogP contribution in [0.25, 0.3) is 0 Å². The highest BCUT2D eigenvalue weighted by Gasteiger charge is 2.52. The van der Waals surface area contributed by atoms with E-state index in [1.165, 1.54) is 31.3 Å². The Balaban J connectivity index is 1.46. The van der Waals surface area contributed by atoms with Crippen LogP contribution in [0.1, 0.15) is 78.6 Å². The minimum atomic E-state index is -1.15. The van der Waals surface area contributed by atoms with Crippen LogP contribution in [0.3, 0.4) is 0 Å². The lowest BCUT2D eigenvalue weighted by Crippen LogP contribution is -2.36. The van der Waals surface area contributed by atoms with Gasteiger partial charge in [-0.25, -0.2) is 0 Å². The molecule has 0 amide bonds. The molecule has 32 heavy (non-hydrogen) atoms. The number of aliphatic hydroxyl groups excluding tert-OH is 3. The van der Waals surface area contributed by atoms with Gasteiger partial charge in [-0.3, -0.25) is 0 Å². The van der Waals surface area contributed by atoms with Crippen LogP contribution < -0.4 is 0 Å². The number of allylic oxidation sites excluding steroid dienone is 3. The molecule has 0 aromatic rings. The molecule has 3 aliphatic carbocycles. The smallest absolute Gasteiger partial charge is 0.183 e. The summed E-state index contributed by atoms with van der Waals surface area (Å²) in [5.74, 6) is 1.63. The molecule has 4 aliphatic rings. The second-order valence-corrected chi connectivity index (χ2v) is 11.5. The van der Waals surface area contributed by atoms with Gasteiger partial charge in [-0.1, -0.05) is 38.2 Å². The average Bonchev–Trinajstić information content (AvgIpc) is 3.18. The van der Waals surface area contributed by atoms with Gasteiger partial charge in [0.05, 0.1) is 18.3 Å². The average molecular weight is 447 g/mol. The molecule has 4 fully saturated rings. The number of aliphatic hydroxyl groups is 4. The Kier molecular flexibility index (Phi) is 6.79. The van der Waals surface area contributed by atoms with Crippen molar-refractivity contribution in [3.8, 4) is 0 Å². The lowest BCUT2D eigenvalue weighted by atomic mass is 9.60. The van der Waals surface area contributed by atoms with Crippen molar-refractivity contribution in [1.29, 1.82) is 0 Å². The molecule has 4 N–H and O–H groups in total. The third kappa shape index (κ3) is 4.52. The maximum atomic E-state index is 10.3. The van der Waals surface area contributed by atoms with Gasteiger partial charge in [0.15, 0.2) is 6.29 Å². The van der Waals surface area contributed by atoms with Crippen LogP contribution in [0, 0.1) is 23.2 Å². The van der Waals surface area contributed by atoms with Gasteiger partial charge in [-0.05, 0) is 86.2 Å². The van der Waals surface area contributed by atoms with E-state index in [0.717, 1.165) is 24.0 Å². The van der Waals surface area contributed by atoms with Crippen LogP contribution in [0.5, 0.6) is 0 Å². The molecule has 0 aromatic carbocycles. The Hall–Kier alpha value is -0.980. The fourth-order valence-corrected chi connectivity index (χ4v) is 7.34. The van der Waals surface area contributed by atoms with E-state index in [2.05, 4.69) is 32.6 Å². The van der Waals surface area contributed by atoms with Crippen LogP contribution in [-0.2, 0) is 4.74 Å². The van der Waals surface area contributed by atoms with Crippen molar-refractivity contribution < 1.29 is 25.2 Å². The molecular weight excluding hydrogens is 404 g/mol. The van der Waals surface area contributed by atoms with E-state index in [9.17, 15) is 20.4 Å². The first-order valence-electron chi connectivity index (χ1n) is 12.5. The number of rotatable bonds is 4. The molecule has 9 atom stereocenters. The van der Waals surface area contributed by atoms with Crippen molar-refractivity contribution in [2.24, 2.45) is 23.2 Å². The Morgan fingerprint density at radius 3 is 2.62 bits per heavy atom. The van der Waals surface area contributed by atoms with Crippen molar-refractivity contribution in [3.05, 3.63) is 35.5 Å². The quantitative estimate of drug-likeness (QED) is 0.524. The minimum Gasteiger partial charge on any atom is -0.393 e. The Bertz CT molecular complexity index is 783. The molecule has 1 unspecified atom stereocenters. The predicted octanol–water partition coefficient (Wildman–Crippen LogP) is 4.01. The zero-order chi connectivity index (χ0) is 23.3. The fraction of sp³-hybridized carbons (Fsp3) is 0.778. The maximum Gasteiger partial charge on any atom is 0.183 e. The highest BCUT2D eigenvalue weighted by atomic mass is 16.6.